The number of piperidine rings is 1. The first-order chi connectivity index (χ1) is 14.9. The molecule has 0 saturated carbocycles. The van der Waals surface area contributed by atoms with E-state index in [1.807, 2.05) is 19.9 Å². The zero-order valence-electron chi connectivity index (χ0n) is 18.4. The molecule has 3 heterocycles. The molecule has 0 unspecified atom stereocenters. The number of anilines is 2. The average molecular weight is 449 g/mol. The van der Waals surface area contributed by atoms with Crippen molar-refractivity contribution in [3.05, 3.63) is 18.2 Å². The largest absolute Gasteiger partial charge is 0.358 e. The molecule has 0 bridgehead atoms. The van der Waals surface area contributed by atoms with Gasteiger partial charge in [-0.3, -0.25) is 14.5 Å². The van der Waals surface area contributed by atoms with E-state index in [1.165, 1.54) is 9.21 Å². The molecule has 1 aromatic carbocycles. The summed E-state index contributed by atoms with van der Waals surface area (Å²) < 4.78 is 27.8. The lowest BCUT2D eigenvalue weighted by Gasteiger charge is -2.45. The van der Waals surface area contributed by atoms with Crippen molar-refractivity contribution in [2.45, 2.75) is 56.9 Å². The summed E-state index contributed by atoms with van der Waals surface area (Å²) in [7, 11) is -3.62. The first-order valence-electron chi connectivity index (χ1n) is 11.4. The van der Waals surface area contributed by atoms with Crippen LogP contribution in [0, 0.1) is 0 Å². The summed E-state index contributed by atoms with van der Waals surface area (Å²) in [5.74, 6) is -0.232. The molecule has 4 rings (SSSR count). The van der Waals surface area contributed by atoms with Gasteiger partial charge in [0.1, 0.15) is 12.6 Å². The van der Waals surface area contributed by atoms with E-state index in [0.717, 1.165) is 44.3 Å². The minimum absolute atomic E-state index is 0.0644. The highest BCUT2D eigenvalue weighted by Crippen LogP contribution is 2.41. The summed E-state index contributed by atoms with van der Waals surface area (Å²) in [6.07, 6.45) is 4.45. The first-order valence-corrected chi connectivity index (χ1v) is 12.8. The lowest BCUT2D eigenvalue weighted by atomic mass is 9.96. The highest BCUT2D eigenvalue weighted by Gasteiger charge is 2.41. The summed E-state index contributed by atoms with van der Waals surface area (Å²) in [5, 5.41) is 0. The molecule has 3 aliphatic heterocycles. The summed E-state index contributed by atoms with van der Waals surface area (Å²) in [6, 6.07) is 4.78. The van der Waals surface area contributed by atoms with Gasteiger partial charge in [-0.1, -0.05) is 0 Å². The van der Waals surface area contributed by atoms with Crippen molar-refractivity contribution < 1.29 is 18.0 Å². The Labute approximate surface area is 184 Å². The summed E-state index contributed by atoms with van der Waals surface area (Å²) >= 11 is 0. The van der Waals surface area contributed by atoms with Gasteiger partial charge in [-0.2, -0.15) is 4.31 Å². The fraction of sp³-hybridized carbons (Fsp3) is 0.636. The molecule has 0 aromatic heterocycles. The monoisotopic (exact) mass is 448 g/mol. The minimum atomic E-state index is -3.62. The highest BCUT2D eigenvalue weighted by molar-refractivity contribution is 7.89. The standard InChI is InChI=1S/C22H32N4O4S/c1-3-23(4-2)21(27)16-26-20-15-17(31(29,30)24-12-7-8-13-24)10-11-18(20)25-14-6-5-9-19(25)22(26)28/h10-11,15,19H,3-9,12-14,16H2,1-2H3/t19-/m1/s1. The molecule has 0 N–H and O–H groups in total. The Morgan fingerprint density at radius 2 is 1.71 bits per heavy atom. The fourth-order valence-electron chi connectivity index (χ4n) is 4.95. The van der Waals surface area contributed by atoms with Crippen molar-refractivity contribution in [1.29, 1.82) is 0 Å². The molecule has 1 atom stereocenters. The lowest BCUT2D eigenvalue weighted by Crippen LogP contribution is -2.57. The average Bonchev–Trinajstić information content (AvgIpc) is 3.33. The fourth-order valence-corrected chi connectivity index (χ4v) is 6.49. The number of hydrogen-bond donors (Lipinski definition) is 0. The molecule has 0 aliphatic carbocycles. The molecular formula is C22H32N4O4S. The van der Waals surface area contributed by atoms with Gasteiger partial charge in [-0.25, -0.2) is 8.42 Å². The lowest BCUT2D eigenvalue weighted by molar-refractivity contribution is -0.131. The number of nitrogens with zero attached hydrogens (tertiary/aromatic N) is 4. The molecule has 170 valence electrons. The Hall–Kier alpha value is -2.13. The van der Waals surface area contributed by atoms with E-state index in [-0.39, 0.29) is 29.3 Å². The van der Waals surface area contributed by atoms with Gasteiger partial charge >= 0.3 is 0 Å². The molecule has 2 fully saturated rings. The van der Waals surface area contributed by atoms with Crippen molar-refractivity contribution in [2.75, 3.05) is 49.1 Å². The molecule has 0 spiro atoms. The Bertz CT molecular complexity index is 954. The number of carbonyl (C=O) groups excluding carboxylic acids is 2. The predicted octanol–water partition coefficient (Wildman–Crippen LogP) is 2.04. The second-order valence-corrected chi connectivity index (χ2v) is 10.4. The smallest absolute Gasteiger partial charge is 0.250 e. The van der Waals surface area contributed by atoms with Gasteiger partial charge in [0.15, 0.2) is 0 Å². The Morgan fingerprint density at radius 1 is 1.03 bits per heavy atom. The molecule has 0 radical (unpaired) electrons. The van der Waals surface area contributed by atoms with Gasteiger partial charge in [-0.15, -0.1) is 0 Å². The van der Waals surface area contributed by atoms with E-state index >= 15 is 0 Å². The van der Waals surface area contributed by atoms with Crippen LogP contribution in [-0.2, 0) is 19.6 Å². The van der Waals surface area contributed by atoms with Crippen LogP contribution in [0.2, 0.25) is 0 Å². The van der Waals surface area contributed by atoms with Crippen LogP contribution in [0.1, 0.15) is 46.0 Å². The second kappa shape index (κ2) is 8.78. The zero-order valence-corrected chi connectivity index (χ0v) is 19.2. The van der Waals surface area contributed by atoms with E-state index in [9.17, 15) is 18.0 Å². The maximum Gasteiger partial charge on any atom is 0.250 e. The summed E-state index contributed by atoms with van der Waals surface area (Å²) in [4.78, 5) is 31.8. The number of fused-ring (bicyclic) bond motifs is 3. The molecule has 1 aromatic rings. The number of likely N-dealkylation sites (N-methyl/N-ethyl adjacent to an activating group) is 1. The van der Waals surface area contributed by atoms with Crippen molar-refractivity contribution in [3.63, 3.8) is 0 Å². The van der Waals surface area contributed by atoms with E-state index in [1.54, 1.807) is 17.0 Å². The molecule has 31 heavy (non-hydrogen) atoms. The Balaban J connectivity index is 1.75. The van der Waals surface area contributed by atoms with Crippen LogP contribution in [0.3, 0.4) is 0 Å². The number of hydrogen-bond acceptors (Lipinski definition) is 5. The third kappa shape index (κ3) is 3.93. The van der Waals surface area contributed by atoms with E-state index in [2.05, 4.69) is 4.90 Å². The van der Waals surface area contributed by atoms with Gasteiger partial charge in [0, 0.05) is 32.7 Å². The summed E-state index contributed by atoms with van der Waals surface area (Å²) in [6.45, 7) is 6.72. The third-order valence-corrected chi connectivity index (χ3v) is 8.61. The third-order valence-electron chi connectivity index (χ3n) is 6.71. The quantitative estimate of drug-likeness (QED) is 0.665. The van der Waals surface area contributed by atoms with Crippen LogP contribution < -0.4 is 9.80 Å². The van der Waals surface area contributed by atoms with E-state index < -0.39 is 10.0 Å². The number of rotatable bonds is 6. The number of benzene rings is 1. The van der Waals surface area contributed by atoms with Crippen molar-refractivity contribution >= 4 is 33.2 Å². The van der Waals surface area contributed by atoms with Gasteiger partial charge in [0.05, 0.1) is 16.3 Å². The van der Waals surface area contributed by atoms with Crippen LogP contribution in [0.4, 0.5) is 11.4 Å². The Kier molecular flexibility index (Phi) is 6.25. The number of amides is 2. The maximum absolute atomic E-state index is 13.4. The van der Waals surface area contributed by atoms with Crippen LogP contribution >= 0.6 is 0 Å². The van der Waals surface area contributed by atoms with Crippen molar-refractivity contribution in [1.82, 2.24) is 9.21 Å². The normalized spacial score (nSPS) is 21.7. The second-order valence-electron chi connectivity index (χ2n) is 8.46. The van der Waals surface area contributed by atoms with Crippen LogP contribution in [0.5, 0.6) is 0 Å². The maximum atomic E-state index is 13.4. The van der Waals surface area contributed by atoms with Gasteiger partial charge < -0.3 is 9.80 Å². The molecular weight excluding hydrogens is 416 g/mol. The molecule has 8 nitrogen and oxygen atoms in total. The van der Waals surface area contributed by atoms with Crippen LogP contribution in [-0.4, -0.2) is 74.7 Å². The van der Waals surface area contributed by atoms with Crippen LogP contribution in [0.15, 0.2) is 23.1 Å². The predicted molar refractivity (Wildman–Crippen MR) is 120 cm³/mol. The van der Waals surface area contributed by atoms with Crippen molar-refractivity contribution in [3.8, 4) is 0 Å². The van der Waals surface area contributed by atoms with Gasteiger partial charge in [-0.05, 0) is 64.2 Å². The topological polar surface area (TPSA) is 81.2 Å². The molecule has 9 heteroatoms. The number of sulfonamides is 1. The molecule has 2 saturated heterocycles. The van der Waals surface area contributed by atoms with Crippen molar-refractivity contribution in [2.24, 2.45) is 0 Å². The highest BCUT2D eigenvalue weighted by atomic mass is 32.2. The molecule has 2 amide bonds. The molecule has 3 aliphatic rings. The van der Waals surface area contributed by atoms with Gasteiger partial charge in [0.25, 0.3) is 0 Å². The van der Waals surface area contributed by atoms with E-state index in [0.29, 0.717) is 31.9 Å². The number of carbonyl (C=O) groups is 2. The Morgan fingerprint density at radius 3 is 2.39 bits per heavy atom. The minimum Gasteiger partial charge on any atom is -0.358 e. The SMILES string of the molecule is CCN(CC)C(=O)CN1C(=O)[C@H]2CCCCN2c2ccc(S(=O)(=O)N3CCCC3)cc21. The zero-order chi connectivity index (χ0) is 22.2. The first kappa shape index (κ1) is 22.1. The van der Waals surface area contributed by atoms with Crippen LogP contribution in [0.25, 0.3) is 0 Å². The van der Waals surface area contributed by atoms with Gasteiger partial charge in [0.2, 0.25) is 21.8 Å². The summed E-state index contributed by atoms with van der Waals surface area (Å²) in [5.41, 5.74) is 1.38. The van der Waals surface area contributed by atoms with E-state index in [4.69, 9.17) is 0 Å².